The van der Waals surface area contributed by atoms with Crippen molar-refractivity contribution in [3.05, 3.63) is 65.6 Å². The molecule has 0 radical (unpaired) electrons. The number of esters is 1. The quantitative estimate of drug-likeness (QED) is 0.505. The molecular formula is C21H23N5O5S. The molecule has 1 amide bonds. The van der Waals surface area contributed by atoms with Gasteiger partial charge in [0.1, 0.15) is 5.82 Å². The molecule has 1 fully saturated rings. The second kappa shape index (κ2) is 9.05. The minimum Gasteiger partial charge on any atom is -0.452 e. The maximum Gasteiger partial charge on any atom is 0.340 e. The fourth-order valence-electron chi connectivity index (χ4n) is 3.52. The molecular weight excluding hydrogens is 434 g/mol. The number of aromatic nitrogens is 3. The first-order valence-corrected chi connectivity index (χ1v) is 11.7. The van der Waals surface area contributed by atoms with Crippen LogP contribution in [0, 0.1) is 6.92 Å². The number of nitrogens with zero attached hydrogens (tertiary/aromatic N) is 5. The lowest BCUT2D eigenvalue weighted by Gasteiger charge is -2.33. The van der Waals surface area contributed by atoms with E-state index in [1.54, 1.807) is 53.9 Å². The number of pyridine rings is 1. The Balaban J connectivity index is 1.28. The topological polar surface area (TPSA) is 114 Å². The standard InChI is InChI=1S/C21H23N5O5S/c1-16-22-23-19-8-7-18(13-26(16)19)21(28)31-14-20(27)24-9-11-25(12-10-24)32(29,30)15-17-5-3-2-4-6-17/h2-8,13H,9-12,14-15H2,1H3. The molecule has 3 aromatic rings. The third-order valence-corrected chi connectivity index (χ3v) is 7.16. The molecule has 1 aliphatic heterocycles. The molecule has 0 bridgehead atoms. The Labute approximate surface area is 185 Å². The van der Waals surface area contributed by atoms with Crippen molar-refractivity contribution in [2.75, 3.05) is 32.8 Å². The van der Waals surface area contributed by atoms with Crippen molar-refractivity contribution in [1.82, 2.24) is 23.8 Å². The predicted octanol–water partition coefficient (Wildman–Crippen LogP) is 0.869. The first-order valence-electron chi connectivity index (χ1n) is 10.1. The van der Waals surface area contributed by atoms with Gasteiger partial charge in [0.05, 0.1) is 11.3 Å². The number of benzene rings is 1. The zero-order valence-corrected chi connectivity index (χ0v) is 18.4. The second-order valence-electron chi connectivity index (χ2n) is 7.49. The van der Waals surface area contributed by atoms with Crippen LogP contribution in [-0.4, -0.2) is 76.9 Å². The van der Waals surface area contributed by atoms with Crippen LogP contribution in [0.5, 0.6) is 0 Å². The van der Waals surface area contributed by atoms with Gasteiger partial charge >= 0.3 is 5.97 Å². The molecule has 1 aliphatic rings. The van der Waals surface area contributed by atoms with Gasteiger partial charge in [-0.05, 0) is 24.6 Å². The maximum atomic E-state index is 12.6. The molecule has 2 aromatic heterocycles. The molecule has 0 N–H and O–H groups in total. The number of carbonyl (C=O) groups excluding carboxylic acids is 2. The van der Waals surface area contributed by atoms with Crippen LogP contribution < -0.4 is 0 Å². The molecule has 1 aromatic carbocycles. The number of hydrogen-bond acceptors (Lipinski definition) is 7. The van der Waals surface area contributed by atoms with Gasteiger partial charge in [-0.15, -0.1) is 10.2 Å². The summed E-state index contributed by atoms with van der Waals surface area (Å²) in [5, 5.41) is 7.89. The summed E-state index contributed by atoms with van der Waals surface area (Å²) in [6.45, 7) is 2.26. The normalized spacial score (nSPS) is 15.1. The summed E-state index contributed by atoms with van der Waals surface area (Å²) in [5.74, 6) is -0.432. The number of carbonyl (C=O) groups is 2. The van der Waals surface area contributed by atoms with E-state index in [2.05, 4.69) is 10.2 Å². The molecule has 1 saturated heterocycles. The number of amides is 1. The van der Waals surface area contributed by atoms with Crippen LogP contribution in [0.25, 0.3) is 5.65 Å². The molecule has 32 heavy (non-hydrogen) atoms. The van der Waals surface area contributed by atoms with Crippen LogP contribution in [-0.2, 0) is 25.3 Å². The van der Waals surface area contributed by atoms with E-state index in [-0.39, 0.29) is 43.4 Å². The zero-order valence-electron chi connectivity index (χ0n) is 17.5. The lowest BCUT2D eigenvalue weighted by molar-refractivity contribution is -0.135. The van der Waals surface area contributed by atoms with Gasteiger partial charge in [0.25, 0.3) is 5.91 Å². The van der Waals surface area contributed by atoms with Gasteiger partial charge in [-0.1, -0.05) is 30.3 Å². The first-order chi connectivity index (χ1) is 15.3. The van der Waals surface area contributed by atoms with E-state index in [0.717, 1.165) is 5.56 Å². The number of rotatable bonds is 6. The van der Waals surface area contributed by atoms with Crippen LogP contribution >= 0.6 is 0 Å². The van der Waals surface area contributed by atoms with Crippen molar-refractivity contribution >= 4 is 27.5 Å². The Morgan fingerprint density at radius 2 is 1.72 bits per heavy atom. The highest BCUT2D eigenvalue weighted by Crippen LogP contribution is 2.14. The van der Waals surface area contributed by atoms with Gasteiger partial charge in [-0.25, -0.2) is 13.2 Å². The lowest BCUT2D eigenvalue weighted by Crippen LogP contribution is -2.51. The van der Waals surface area contributed by atoms with E-state index >= 15 is 0 Å². The molecule has 4 rings (SSSR count). The minimum absolute atomic E-state index is 0.0738. The van der Waals surface area contributed by atoms with Crippen molar-refractivity contribution in [2.24, 2.45) is 0 Å². The molecule has 0 aliphatic carbocycles. The van der Waals surface area contributed by atoms with Crippen molar-refractivity contribution in [2.45, 2.75) is 12.7 Å². The van der Waals surface area contributed by atoms with Gasteiger partial charge < -0.3 is 9.64 Å². The summed E-state index contributed by atoms with van der Waals surface area (Å²) in [7, 11) is -3.47. The van der Waals surface area contributed by atoms with Crippen LogP contribution in [0.15, 0.2) is 48.7 Å². The number of hydrogen-bond donors (Lipinski definition) is 0. The molecule has 3 heterocycles. The Kier molecular flexibility index (Phi) is 6.19. The number of ether oxygens (including phenoxy) is 1. The number of fused-ring (bicyclic) bond motifs is 1. The summed E-state index contributed by atoms with van der Waals surface area (Å²) >= 11 is 0. The average Bonchev–Trinajstić information content (AvgIpc) is 3.18. The minimum atomic E-state index is -3.47. The smallest absolute Gasteiger partial charge is 0.340 e. The summed E-state index contributed by atoms with van der Waals surface area (Å²) in [5.41, 5.74) is 1.61. The lowest BCUT2D eigenvalue weighted by atomic mass is 10.2. The molecule has 11 heteroatoms. The first kappa shape index (κ1) is 21.9. The predicted molar refractivity (Wildman–Crippen MR) is 115 cm³/mol. The number of sulfonamides is 1. The summed E-state index contributed by atoms with van der Waals surface area (Å²) in [4.78, 5) is 26.3. The van der Waals surface area contributed by atoms with Gasteiger partial charge in [0.15, 0.2) is 12.3 Å². The van der Waals surface area contributed by atoms with E-state index in [9.17, 15) is 18.0 Å². The summed E-state index contributed by atoms with van der Waals surface area (Å²) in [6, 6.07) is 12.2. The number of piperazine rings is 1. The Hall–Kier alpha value is -3.31. The zero-order chi connectivity index (χ0) is 22.7. The highest BCUT2D eigenvalue weighted by Gasteiger charge is 2.29. The van der Waals surface area contributed by atoms with Crippen molar-refractivity contribution in [3.8, 4) is 0 Å². The Bertz CT molecular complexity index is 1230. The fraction of sp³-hybridized carbons (Fsp3) is 0.333. The maximum absolute atomic E-state index is 12.6. The summed E-state index contributed by atoms with van der Waals surface area (Å²) < 4.78 is 33.5. The Morgan fingerprint density at radius 3 is 2.44 bits per heavy atom. The molecule has 0 saturated carbocycles. The highest BCUT2D eigenvalue weighted by molar-refractivity contribution is 7.88. The fourth-order valence-corrected chi connectivity index (χ4v) is 5.04. The van der Waals surface area contributed by atoms with Crippen LogP contribution in [0.3, 0.4) is 0 Å². The van der Waals surface area contributed by atoms with Crippen molar-refractivity contribution < 1.29 is 22.7 Å². The van der Waals surface area contributed by atoms with Crippen molar-refractivity contribution in [3.63, 3.8) is 0 Å². The van der Waals surface area contributed by atoms with Gasteiger partial charge in [0, 0.05) is 32.4 Å². The van der Waals surface area contributed by atoms with E-state index in [1.807, 2.05) is 6.07 Å². The summed E-state index contributed by atoms with van der Waals surface area (Å²) in [6.07, 6.45) is 1.56. The van der Waals surface area contributed by atoms with Crippen LogP contribution in [0.4, 0.5) is 0 Å². The third-order valence-electron chi connectivity index (χ3n) is 5.31. The van der Waals surface area contributed by atoms with Crippen LogP contribution in [0.2, 0.25) is 0 Å². The van der Waals surface area contributed by atoms with Crippen molar-refractivity contribution in [1.29, 1.82) is 0 Å². The van der Waals surface area contributed by atoms with E-state index in [4.69, 9.17) is 4.74 Å². The molecule has 0 spiro atoms. The molecule has 10 nitrogen and oxygen atoms in total. The molecule has 0 unspecified atom stereocenters. The molecule has 0 atom stereocenters. The van der Waals surface area contributed by atoms with Gasteiger partial charge in [-0.2, -0.15) is 4.31 Å². The Morgan fingerprint density at radius 1 is 1.00 bits per heavy atom. The second-order valence-corrected chi connectivity index (χ2v) is 9.46. The third kappa shape index (κ3) is 4.78. The van der Waals surface area contributed by atoms with Gasteiger partial charge in [0.2, 0.25) is 10.0 Å². The highest BCUT2D eigenvalue weighted by atomic mass is 32.2. The average molecular weight is 458 g/mol. The van der Waals surface area contributed by atoms with Crippen LogP contribution in [0.1, 0.15) is 21.7 Å². The van der Waals surface area contributed by atoms with E-state index < -0.39 is 22.6 Å². The molecule has 168 valence electrons. The largest absolute Gasteiger partial charge is 0.452 e. The SMILES string of the molecule is Cc1nnc2ccc(C(=O)OCC(=O)N3CCN(S(=O)(=O)Cc4ccccc4)CC3)cn12. The number of aryl methyl sites for hydroxylation is 1. The van der Waals surface area contributed by atoms with E-state index in [1.165, 1.54) is 9.21 Å². The monoisotopic (exact) mass is 457 g/mol. The van der Waals surface area contributed by atoms with E-state index in [0.29, 0.717) is 11.5 Å². The van der Waals surface area contributed by atoms with Gasteiger partial charge in [-0.3, -0.25) is 9.20 Å².